The summed E-state index contributed by atoms with van der Waals surface area (Å²) in [5, 5.41) is 10.3. The Labute approximate surface area is 137 Å². The molecule has 1 amide bonds. The lowest BCUT2D eigenvalue weighted by Gasteiger charge is -2.04. The molecule has 3 rings (SSSR count). The molecule has 3 aromatic rings. The number of aromatic amines is 1. The van der Waals surface area contributed by atoms with Crippen molar-refractivity contribution >= 4 is 17.5 Å². The maximum atomic E-state index is 12.0. The molecule has 7 heteroatoms. The van der Waals surface area contributed by atoms with Crippen molar-refractivity contribution in [3.63, 3.8) is 0 Å². The number of amides is 1. The second-order valence-corrected chi connectivity index (χ2v) is 5.34. The molecule has 0 unspecified atom stereocenters. The number of pyridine rings is 1. The number of aromatic nitrogens is 4. The van der Waals surface area contributed by atoms with Crippen molar-refractivity contribution < 1.29 is 4.79 Å². The lowest BCUT2D eigenvalue weighted by atomic mass is 10.2. The van der Waals surface area contributed by atoms with Gasteiger partial charge in [0.25, 0.3) is 0 Å². The summed E-state index contributed by atoms with van der Waals surface area (Å²) < 4.78 is 0. The minimum Gasteiger partial charge on any atom is -0.352 e. The quantitative estimate of drug-likeness (QED) is 0.753. The van der Waals surface area contributed by atoms with Gasteiger partial charge in [-0.25, -0.2) is 4.98 Å². The fourth-order valence-corrected chi connectivity index (χ4v) is 2.13. The van der Waals surface area contributed by atoms with E-state index >= 15 is 0 Å². The highest BCUT2D eigenvalue weighted by Crippen LogP contribution is 2.11. The summed E-state index contributed by atoms with van der Waals surface area (Å²) in [6, 6.07) is 12.8. The maximum Gasteiger partial charge on any atom is 0.227 e. The standard InChI is InChI=1S/C16H14ClN5O/c17-12-6-4-11(5-7-12)10-19-15(23)9-14-20-16(22-21-14)13-3-1-2-8-18-13/h1-8H,9-10H2,(H,19,23)(H,20,21,22). The first-order valence-electron chi connectivity index (χ1n) is 7.04. The van der Waals surface area contributed by atoms with Gasteiger partial charge in [-0.15, -0.1) is 0 Å². The van der Waals surface area contributed by atoms with Crippen LogP contribution in [-0.4, -0.2) is 26.1 Å². The number of halogens is 1. The van der Waals surface area contributed by atoms with Crippen molar-refractivity contribution in [2.75, 3.05) is 0 Å². The molecule has 2 heterocycles. The first-order valence-corrected chi connectivity index (χ1v) is 7.42. The normalized spacial score (nSPS) is 10.5. The molecule has 2 N–H and O–H groups in total. The molecule has 0 radical (unpaired) electrons. The fourth-order valence-electron chi connectivity index (χ4n) is 2.00. The zero-order valence-electron chi connectivity index (χ0n) is 12.2. The van der Waals surface area contributed by atoms with Crippen LogP contribution in [0.3, 0.4) is 0 Å². The summed E-state index contributed by atoms with van der Waals surface area (Å²) in [7, 11) is 0. The summed E-state index contributed by atoms with van der Waals surface area (Å²) in [5.74, 6) is 0.842. The van der Waals surface area contributed by atoms with E-state index < -0.39 is 0 Å². The van der Waals surface area contributed by atoms with Crippen molar-refractivity contribution in [1.29, 1.82) is 0 Å². The molecular weight excluding hydrogens is 314 g/mol. The van der Waals surface area contributed by atoms with E-state index in [1.165, 1.54) is 0 Å². The van der Waals surface area contributed by atoms with E-state index in [-0.39, 0.29) is 12.3 Å². The van der Waals surface area contributed by atoms with E-state index in [0.717, 1.165) is 5.56 Å². The van der Waals surface area contributed by atoms with Crippen LogP contribution in [0.2, 0.25) is 5.02 Å². The molecular formula is C16H14ClN5O. The molecule has 0 spiro atoms. The monoisotopic (exact) mass is 327 g/mol. The first-order chi connectivity index (χ1) is 11.2. The molecule has 0 aliphatic rings. The Balaban J connectivity index is 1.56. The SMILES string of the molecule is O=C(Cc1nc(-c2ccccn2)n[nH]1)NCc1ccc(Cl)cc1. The number of hydrogen-bond acceptors (Lipinski definition) is 4. The number of nitrogens with zero attached hydrogens (tertiary/aromatic N) is 3. The Morgan fingerprint density at radius 3 is 2.74 bits per heavy atom. The van der Waals surface area contributed by atoms with E-state index in [2.05, 4.69) is 25.5 Å². The number of rotatable bonds is 5. The van der Waals surface area contributed by atoms with Crippen molar-refractivity contribution in [3.8, 4) is 11.5 Å². The zero-order valence-corrected chi connectivity index (χ0v) is 12.9. The van der Waals surface area contributed by atoms with E-state index in [1.807, 2.05) is 30.3 Å². The van der Waals surface area contributed by atoms with Crippen molar-refractivity contribution in [2.45, 2.75) is 13.0 Å². The largest absolute Gasteiger partial charge is 0.352 e. The molecule has 116 valence electrons. The first kappa shape index (κ1) is 15.2. The minimum absolute atomic E-state index is 0.132. The molecule has 0 atom stereocenters. The number of nitrogens with one attached hydrogen (secondary N) is 2. The topological polar surface area (TPSA) is 83.6 Å². The molecule has 0 saturated carbocycles. The van der Waals surface area contributed by atoms with E-state index in [9.17, 15) is 4.79 Å². The zero-order chi connectivity index (χ0) is 16.1. The molecule has 2 aromatic heterocycles. The number of hydrogen-bond donors (Lipinski definition) is 2. The van der Waals surface area contributed by atoms with E-state index in [0.29, 0.717) is 28.9 Å². The number of carbonyl (C=O) groups is 1. The Morgan fingerprint density at radius 1 is 1.17 bits per heavy atom. The second-order valence-electron chi connectivity index (χ2n) is 4.90. The third-order valence-corrected chi connectivity index (χ3v) is 3.41. The fraction of sp³-hybridized carbons (Fsp3) is 0.125. The summed E-state index contributed by atoms with van der Waals surface area (Å²) in [5.41, 5.74) is 1.64. The average Bonchev–Trinajstić information content (AvgIpc) is 3.04. The lowest BCUT2D eigenvalue weighted by Crippen LogP contribution is -2.25. The van der Waals surface area contributed by atoms with Gasteiger partial charge in [0, 0.05) is 17.8 Å². The highest BCUT2D eigenvalue weighted by Gasteiger charge is 2.10. The highest BCUT2D eigenvalue weighted by molar-refractivity contribution is 6.30. The Hall–Kier alpha value is -2.73. The summed E-state index contributed by atoms with van der Waals surface area (Å²) in [6.07, 6.45) is 1.80. The third-order valence-electron chi connectivity index (χ3n) is 3.16. The number of carbonyl (C=O) groups excluding carboxylic acids is 1. The van der Waals surface area contributed by atoms with Crippen LogP contribution in [-0.2, 0) is 17.8 Å². The van der Waals surface area contributed by atoms with Crippen molar-refractivity contribution in [1.82, 2.24) is 25.5 Å². The molecule has 0 saturated heterocycles. The van der Waals surface area contributed by atoms with E-state index in [4.69, 9.17) is 11.6 Å². The summed E-state index contributed by atoms with van der Waals surface area (Å²) >= 11 is 5.82. The van der Waals surface area contributed by atoms with Crippen LogP contribution in [0.4, 0.5) is 0 Å². The predicted octanol–water partition coefficient (Wildman–Crippen LogP) is 2.38. The lowest BCUT2D eigenvalue weighted by molar-refractivity contribution is -0.120. The number of H-pyrrole nitrogens is 1. The van der Waals surface area contributed by atoms with Gasteiger partial charge in [0.1, 0.15) is 11.5 Å². The molecule has 0 fully saturated rings. The van der Waals surface area contributed by atoms with Crippen LogP contribution >= 0.6 is 11.6 Å². The number of benzene rings is 1. The van der Waals surface area contributed by atoms with Crippen LogP contribution in [0.15, 0.2) is 48.7 Å². The van der Waals surface area contributed by atoms with Gasteiger partial charge in [-0.3, -0.25) is 14.9 Å². The van der Waals surface area contributed by atoms with Gasteiger partial charge >= 0.3 is 0 Å². The summed E-state index contributed by atoms with van der Waals surface area (Å²) in [4.78, 5) is 20.4. The molecule has 23 heavy (non-hydrogen) atoms. The van der Waals surface area contributed by atoms with Gasteiger partial charge in [0.2, 0.25) is 5.91 Å². The van der Waals surface area contributed by atoms with Gasteiger partial charge in [-0.1, -0.05) is 29.8 Å². The minimum atomic E-state index is -0.135. The van der Waals surface area contributed by atoms with Gasteiger partial charge in [0.05, 0.1) is 6.42 Å². The van der Waals surface area contributed by atoms with Crippen molar-refractivity contribution in [3.05, 3.63) is 65.1 Å². The third kappa shape index (κ3) is 4.14. The van der Waals surface area contributed by atoms with Crippen LogP contribution in [0.25, 0.3) is 11.5 Å². The van der Waals surface area contributed by atoms with Gasteiger partial charge in [-0.05, 0) is 29.8 Å². The van der Waals surface area contributed by atoms with E-state index in [1.54, 1.807) is 18.3 Å². The summed E-state index contributed by atoms with van der Waals surface area (Å²) in [6.45, 7) is 0.442. The molecule has 0 bridgehead atoms. The second kappa shape index (κ2) is 7.02. The maximum absolute atomic E-state index is 12.0. The Morgan fingerprint density at radius 2 is 2.00 bits per heavy atom. The molecule has 0 aliphatic carbocycles. The van der Waals surface area contributed by atoms with Crippen LogP contribution in [0, 0.1) is 0 Å². The Kier molecular flexibility index (Phi) is 4.63. The molecule has 6 nitrogen and oxygen atoms in total. The smallest absolute Gasteiger partial charge is 0.227 e. The van der Waals surface area contributed by atoms with Gasteiger partial charge < -0.3 is 5.32 Å². The Bertz CT molecular complexity index is 786. The molecule has 0 aliphatic heterocycles. The molecule has 1 aromatic carbocycles. The average molecular weight is 328 g/mol. The van der Waals surface area contributed by atoms with Crippen LogP contribution in [0.5, 0.6) is 0 Å². The van der Waals surface area contributed by atoms with Crippen LogP contribution in [0.1, 0.15) is 11.4 Å². The highest BCUT2D eigenvalue weighted by atomic mass is 35.5. The van der Waals surface area contributed by atoms with Crippen LogP contribution < -0.4 is 5.32 Å². The predicted molar refractivity (Wildman–Crippen MR) is 86.6 cm³/mol. The van der Waals surface area contributed by atoms with Gasteiger partial charge in [-0.2, -0.15) is 5.10 Å². The van der Waals surface area contributed by atoms with Gasteiger partial charge in [0.15, 0.2) is 5.82 Å². The van der Waals surface area contributed by atoms with Crippen molar-refractivity contribution in [2.24, 2.45) is 0 Å².